The van der Waals surface area contributed by atoms with E-state index >= 15 is 0 Å². The van der Waals surface area contributed by atoms with E-state index in [1.165, 1.54) is 30.0 Å². The van der Waals surface area contributed by atoms with E-state index in [9.17, 15) is 19.7 Å². The Labute approximate surface area is 175 Å². The zero-order chi connectivity index (χ0) is 21.8. The number of aromatic nitrogens is 3. The number of fused-ring (bicyclic) bond motifs is 1. The average molecular weight is 433 g/mol. The van der Waals surface area contributed by atoms with Gasteiger partial charge in [-0.1, -0.05) is 23.9 Å². The second-order valence-electron chi connectivity index (χ2n) is 6.17. The number of carbonyl (C=O) groups is 2. The highest BCUT2D eigenvalue weighted by Crippen LogP contribution is 2.37. The van der Waals surface area contributed by atoms with Crippen LogP contribution in [0.2, 0.25) is 0 Å². The Balaban J connectivity index is 2.08. The third-order valence-electron chi connectivity index (χ3n) is 4.27. The van der Waals surface area contributed by atoms with Crippen molar-refractivity contribution in [3.05, 3.63) is 51.2 Å². The molecule has 1 atom stereocenters. The number of nitro benzene ring substituents is 1. The predicted molar refractivity (Wildman–Crippen MR) is 107 cm³/mol. The summed E-state index contributed by atoms with van der Waals surface area (Å²) >= 11 is 1.07. The van der Waals surface area contributed by atoms with Gasteiger partial charge in [-0.2, -0.15) is 4.98 Å². The molecule has 0 amide bonds. The molecule has 0 spiro atoms. The van der Waals surface area contributed by atoms with E-state index in [4.69, 9.17) is 4.74 Å². The number of nitrogens with one attached hydrogen (secondary N) is 1. The van der Waals surface area contributed by atoms with Crippen LogP contribution in [0, 0.1) is 10.1 Å². The Morgan fingerprint density at radius 1 is 1.40 bits per heavy atom. The number of anilines is 1. The molecule has 12 heteroatoms. The number of hydrogen-bond acceptors (Lipinski definition) is 10. The third kappa shape index (κ3) is 4.27. The number of nitro groups is 1. The Hall–Kier alpha value is -3.41. The van der Waals surface area contributed by atoms with Gasteiger partial charge in [0.2, 0.25) is 11.1 Å². The number of carbonyl (C=O) groups excluding carboxylic acids is 2. The van der Waals surface area contributed by atoms with Crippen LogP contribution in [-0.2, 0) is 19.1 Å². The molecule has 0 bridgehead atoms. The van der Waals surface area contributed by atoms with E-state index in [0.717, 1.165) is 11.8 Å². The maximum absolute atomic E-state index is 12.7. The number of nitrogens with zero attached hydrogens (tertiary/aromatic N) is 4. The van der Waals surface area contributed by atoms with Crippen molar-refractivity contribution in [3.8, 4) is 0 Å². The normalized spacial score (nSPS) is 15.2. The zero-order valence-electron chi connectivity index (χ0n) is 16.4. The van der Waals surface area contributed by atoms with E-state index in [1.807, 2.05) is 0 Å². The number of methoxy groups -OCH3 is 1. The number of benzene rings is 1. The number of hydrogen-bond donors (Lipinski definition) is 1. The van der Waals surface area contributed by atoms with Gasteiger partial charge in [0.25, 0.3) is 5.69 Å². The lowest BCUT2D eigenvalue weighted by Crippen LogP contribution is -2.29. The smallest absolute Gasteiger partial charge is 0.338 e. The van der Waals surface area contributed by atoms with Crippen LogP contribution in [0.5, 0.6) is 0 Å². The van der Waals surface area contributed by atoms with Gasteiger partial charge in [-0.3, -0.25) is 14.9 Å². The lowest BCUT2D eigenvalue weighted by atomic mass is 9.95. The number of allylic oxidation sites excluding steroid dienone is 1. The second-order valence-corrected chi connectivity index (χ2v) is 7.11. The Bertz CT molecular complexity index is 1030. The average Bonchev–Trinajstić information content (AvgIpc) is 3.13. The van der Waals surface area contributed by atoms with Gasteiger partial charge in [-0.25, -0.2) is 9.48 Å². The van der Waals surface area contributed by atoms with Crippen molar-refractivity contribution in [3.63, 3.8) is 0 Å². The molecule has 158 valence electrons. The van der Waals surface area contributed by atoms with Crippen molar-refractivity contribution < 1.29 is 24.0 Å². The summed E-state index contributed by atoms with van der Waals surface area (Å²) in [6.07, 6.45) is 0. The van der Waals surface area contributed by atoms with Crippen LogP contribution < -0.4 is 5.32 Å². The molecule has 0 saturated heterocycles. The molecule has 11 nitrogen and oxygen atoms in total. The summed E-state index contributed by atoms with van der Waals surface area (Å²) in [4.78, 5) is 39.2. The molecule has 0 saturated carbocycles. The standard InChI is InChI=1S/C18H19N5O6S/c1-4-29-16(25)14-10(2)19-17-20-18(30-9-13(24)28-3)21-22(17)15(14)11-6-5-7-12(8-11)23(26)27/h5-8,15H,4,9H2,1-3H3,(H,19,20,21). The van der Waals surface area contributed by atoms with Crippen LogP contribution in [0.3, 0.4) is 0 Å². The Kier molecular flexibility index (Phi) is 6.35. The van der Waals surface area contributed by atoms with Gasteiger partial charge in [-0.15, -0.1) is 5.10 Å². The summed E-state index contributed by atoms with van der Waals surface area (Å²) < 4.78 is 11.3. The van der Waals surface area contributed by atoms with E-state index < -0.39 is 22.9 Å². The number of rotatable bonds is 7. The van der Waals surface area contributed by atoms with Crippen LogP contribution in [0.25, 0.3) is 0 Å². The Morgan fingerprint density at radius 3 is 2.83 bits per heavy atom. The second kappa shape index (κ2) is 8.95. The molecule has 30 heavy (non-hydrogen) atoms. The monoisotopic (exact) mass is 433 g/mol. The highest BCUT2D eigenvalue weighted by Gasteiger charge is 2.35. The van der Waals surface area contributed by atoms with E-state index in [1.54, 1.807) is 19.9 Å². The van der Waals surface area contributed by atoms with Gasteiger partial charge in [0.05, 0.1) is 30.0 Å². The lowest BCUT2D eigenvalue weighted by Gasteiger charge is -2.27. The largest absolute Gasteiger partial charge is 0.468 e. The molecule has 0 aliphatic carbocycles. The first-order valence-electron chi connectivity index (χ1n) is 8.91. The molecule has 1 N–H and O–H groups in total. The summed E-state index contributed by atoms with van der Waals surface area (Å²) in [6.45, 7) is 3.55. The van der Waals surface area contributed by atoms with Crippen molar-refractivity contribution in [2.75, 3.05) is 24.8 Å². The molecular formula is C18H19N5O6S. The first-order valence-corrected chi connectivity index (χ1v) is 9.89. The molecule has 1 aliphatic heterocycles. The molecule has 1 aromatic heterocycles. The maximum Gasteiger partial charge on any atom is 0.338 e. The maximum atomic E-state index is 12.7. The van der Waals surface area contributed by atoms with Crippen molar-refractivity contribution in [2.24, 2.45) is 0 Å². The first-order chi connectivity index (χ1) is 14.3. The molecule has 0 radical (unpaired) electrons. The van der Waals surface area contributed by atoms with Gasteiger partial charge in [0, 0.05) is 17.8 Å². The summed E-state index contributed by atoms with van der Waals surface area (Å²) in [5.74, 6) is -0.649. The SMILES string of the molecule is CCOC(=O)C1=C(C)Nc2nc(SCC(=O)OC)nn2C1c1cccc([N+](=O)[O-])c1. The van der Waals surface area contributed by atoms with Crippen molar-refractivity contribution in [2.45, 2.75) is 25.0 Å². The Morgan fingerprint density at radius 2 is 2.17 bits per heavy atom. The topological polar surface area (TPSA) is 138 Å². The molecule has 1 unspecified atom stereocenters. The fourth-order valence-electron chi connectivity index (χ4n) is 2.96. The minimum absolute atomic E-state index is 0.0125. The number of ether oxygens (including phenoxy) is 2. The van der Waals surface area contributed by atoms with E-state index in [2.05, 4.69) is 20.1 Å². The molecule has 1 aliphatic rings. The highest BCUT2D eigenvalue weighted by molar-refractivity contribution is 7.99. The summed E-state index contributed by atoms with van der Waals surface area (Å²) in [6, 6.07) is 5.17. The quantitative estimate of drug-likeness (QED) is 0.299. The van der Waals surface area contributed by atoms with Crippen LogP contribution in [0.4, 0.5) is 11.6 Å². The van der Waals surface area contributed by atoms with Crippen LogP contribution in [0.1, 0.15) is 25.5 Å². The van der Waals surface area contributed by atoms with Crippen molar-refractivity contribution >= 4 is 35.3 Å². The first kappa shape index (κ1) is 21.3. The molecule has 3 rings (SSSR count). The minimum atomic E-state index is -0.792. The van der Waals surface area contributed by atoms with Gasteiger partial charge in [0.1, 0.15) is 6.04 Å². The van der Waals surface area contributed by atoms with E-state index in [0.29, 0.717) is 17.2 Å². The van der Waals surface area contributed by atoms with Gasteiger partial charge >= 0.3 is 11.9 Å². The van der Waals surface area contributed by atoms with Gasteiger partial charge < -0.3 is 14.8 Å². The van der Waals surface area contributed by atoms with Crippen LogP contribution >= 0.6 is 11.8 Å². The molecule has 2 heterocycles. The fraction of sp³-hybridized carbons (Fsp3) is 0.333. The summed E-state index contributed by atoms with van der Waals surface area (Å²) in [5.41, 5.74) is 1.12. The van der Waals surface area contributed by atoms with Gasteiger partial charge in [0.15, 0.2) is 0 Å². The fourth-order valence-corrected chi connectivity index (χ4v) is 3.63. The third-order valence-corrected chi connectivity index (χ3v) is 5.08. The number of esters is 2. The molecule has 0 fully saturated rings. The lowest BCUT2D eigenvalue weighted by molar-refractivity contribution is -0.384. The molecule has 2 aromatic rings. The molecular weight excluding hydrogens is 414 g/mol. The van der Waals surface area contributed by atoms with E-state index in [-0.39, 0.29) is 28.8 Å². The zero-order valence-corrected chi connectivity index (χ0v) is 17.3. The highest BCUT2D eigenvalue weighted by atomic mass is 32.2. The minimum Gasteiger partial charge on any atom is -0.468 e. The summed E-state index contributed by atoms with van der Waals surface area (Å²) in [7, 11) is 1.29. The number of thioether (sulfide) groups is 1. The molecule has 1 aromatic carbocycles. The summed E-state index contributed by atoms with van der Waals surface area (Å²) in [5, 5.41) is 19.0. The van der Waals surface area contributed by atoms with Crippen molar-refractivity contribution in [1.29, 1.82) is 0 Å². The van der Waals surface area contributed by atoms with Crippen molar-refractivity contribution in [1.82, 2.24) is 14.8 Å². The van der Waals surface area contributed by atoms with Gasteiger partial charge in [-0.05, 0) is 19.4 Å². The van der Waals surface area contributed by atoms with Crippen LogP contribution in [-0.4, -0.2) is 51.1 Å². The predicted octanol–water partition coefficient (Wildman–Crippen LogP) is 2.30. The number of non-ortho nitro benzene ring substituents is 1. The van der Waals surface area contributed by atoms with Crippen LogP contribution in [0.15, 0.2) is 40.7 Å².